The quantitative estimate of drug-likeness (QED) is 0.412. The van der Waals surface area contributed by atoms with Gasteiger partial charge in [-0.2, -0.15) is 13.2 Å². The van der Waals surface area contributed by atoms with Crippen molar-refractivity contribution in [2.75, 3.05) is 20.1 Å². The number of likely N-dealkylation sites (tertiary alicyclic amines) is 1. The van der Waals surface area contributed by atoms with E-state index in [0.29, 0.717) is 12.0 Å². The highest BCUT2D eigenvalue weighted by Crippen LogP contribution is 2.47. The average Bonchev–Trinajstić information content (AvgIpc) is 2.93. The zero-order chi connectivity index (χ0) is 16.5. The molecule has 0 atom stereocenters. The van der Waals surface area contributed by atoms with Crippen LogP contribution in [0.3, 0.4) is 0 Å². The molecule has 1 heterocycles. The van der Waals surface area contributed by atoms with Crippen LogP contribution in [0.15, 0.2) is 29.3 Å². The predicted molar refractivity (Wildman–Crippen MR) is 99.5 cm³/mol. The lowest BCUT2D eigenvalue weighted by molar-refractivity contribution is -0.137. The van der Waals surface area contributed by atoms with Crippen molar-refractivity contribution in [3.05, 3.63) is 35.4 Å². The van der Waals surface area contributed by atoms with E-state index >= 15 is 0 Å². The van der Waals surface area contributed by atoms with Gasteiger partial charge in [-0.25, -0.2) is 0 Å². The highest BCUT2D eigenvalue weighted by molar-refractivity contribution is 14.0. The second kappa shape index (κ2) is 7.49. The molecule has 1 aliphatic carbocycles. The van der Waals surface area contributed by atoms with E-state index < -0.39 is 11.7 Å². The van der Waals surface area contributed by atoms with Gasteiger partial charge < -0.3 is 10.2 Å². The Morgan fingerprint density at radius 2 is 1.88 bits per heavy atom. The van der Waals surface area contributed by atoms with E-state index in [1.54, 1.807) is 7.05 Å². The number of benzene rings is 1. The first-order valence-corrected chi connectivity index (χ1v) is 8.04. The van der Waals surface area contributed by atoms with E-state index in [-0.39, 0.29) is 24.0 Å². The summed E-state index contributed by atoms with van der Waals surface area (Å²) in [6.07, 6.45) is 0.868. The molecule has 2 fully saturated rings. The number of hydrogen-bond donors (Lipinski definition) is 1. The molecule has 1 saturated heterocycles. The highest BCUT2D eigenvalue weighted by atomic mass is 127. The summed E-state index contributed by atoms with van der Waals surface area (Å²) in [6, 6.07) is 5.28. The van der Waals surface area contributed by atoms with Gasteiger partial charge in [-0.3, -0.25) is 4.99 Å². The minimum Gasteiger partial charge on any atom is -0.352 e. The maximum absolute atomic E-state index is 12.6. The molecular weight excluding hydrogens is 430 g/mol. The van der Waals surface area contributed by atoms with Crippen LogP contribution in [-0.4, -0.2) is 31.0 Å². The van der Waals surface area contributed by atoms with Crippen molar-refractivity contribution in [1.29, 1.82) is 0 Å². The van der Waals surface area contributed by atoms with Gasteiger partial charge >= 0.3 is 6.18 Å². The number of halogens is 4. The predicted octanol–water partition coefficient (Wildman–Crippen LogP) is 4.27. The van der Waals surface area contributed by atoms with Crippen LogP contribution in [-0.2, 0) is 12.7 Å². The number of hydrogen-bond acceptors (Lipinski definition) is 1. The Kier molecular flexibility index (Phi) is 6.04. The van der Waals surface area contributed by atoms with E-state index in [4.69, 9.17) is 0 Å². The van der Waals surface area contributed by atoms with Gasteiger partial charge in [0.15, 0.2) is 5.96 Å². The van der Waals surface area contributed by atoms with E-state index in [9.17, 15) is 13.2 Å². The van der Waals surface area contributed by atoms with E-state index in [2.05, 4.69) is 15.2 Å². The number of nitrogens with one attached hydrogen (secondary N) is 1. The number of alkyl halides is 3. The molecule has 1 aromatic carbocycles. The van der Waals surface area contributed by atoms with Crippen LogP contribution in [0.25, 0.3) is 0 Å². The molecule has 7 heteroatoms. The lowest BCUT2D eigenvalue weighted by atomic mass is 9.68. The Morgan fingerprint density at radius 3 is 2.33 bits per heavy atom. The average molecular weight is 453 g/mol. The monoisotopic (exact) mass is 453 g/mol. The SMILES string of the molecule is CN=C(NCc1ccc(C(F)(F)F)cc1)N1CCC2(CCC2)C1.I. The minimum absolute atomic E-state index is 0. The molecule has 0 bridgehead atoms. The Morgan fingerprint density at radius 1 is 1.21 bits per heavy atom. The van der Waals surface area contributed by atoms with E-state index in [1.165, 1.54) is 37.8 Å². The van der Waals surface area contributed by atoms with Crippen LogP contribution >= 0.6 is 24.0 Å². The summed E-state index contributed by atoms with van der Waals surface area (Å²) in [5, 5.41) is 3.27. The first kappa shape index (κ1) is 19.3. The standard InChI is InChI=1S/C17H22F3N3.HI/c1-21-15(23-10-9-16(12-23)7-2-8-16)22-11-13-3-5-14(6-4-13)17(18,19)20;/h3-6H,2,7-12H2,1H3,(H,21,22);1H. The Hall–Kier alpha value is -0.990. The van der Waals surface area contributed by atoms with Gasteiger partial charge in [-0.05, 0) is 42.4 Å². The Labute approximate surface area is 157 Å². The molecule has 0 aromatic heterocycles. The molecule has 1 N–H and O–H groups in total. The third-order valence-electron chi connectivity index (χ3n) is 5.10. The van der Waals surface area contributed by atoms with Gasteiger partial charge in [0.1, 0.15) is 0 Å². The van der Waals surface area contributed by atoms with Crippen molar-refractivity contribution in [1.82, 2.24) is 10.2 Å². The topological polar surface area (TPSA) is 27.6 Å². The summed E-state index contributed by atoms with van der Waals surface area (Å²) < 4.78 is 37.7. The first-order chi connectivity index (χ1) is 10.9. The maximum atomic E-state index is 12.6. The van der Waals surface area contributed by atoms with Gasteiger partial charge in [0.05, 0.1) is 5.56 Å². The number of rotatable bonds is 2. The molecule has 2 aliphatic rings. The van der Waals surface area contributed by atoms with Crippen LogP contribution in [0.4, 0.5) is 13.2 Å². The smallest absolute Gasteiger partial charge is 0.352 e. The molecular formula is C17H23F3IN3. The molecule has 1 aliphatic heterocycles. The molecule has 1 aromatic rings. The molecule has 1 spiro atoms. The minimum atomic E-state index is -4.28. The van der Waals surface area contributed by atoms with Crippen molar-refractivity contribution in [2.45, 2.75) is 38.4 Å². The zero-order valence-corrected chi connectivity index (χ0v) is 16.0. The van der Waals surface area contributed by atoms with Crippen molar-refractivity contribution in [2.24, 2.45) is 10.4 Å². The van der Waals surface area contributed by atoms with Gasteiger partial charge in [-0.15, -0.1) is 24.0 Å². The van der Waals surface area contributed by atoms with E-state index in [0.717, 1.165) is 36.7 Å². The van der Waals surface area contributed by atoms with Crippen LogP contribution in [0, 0.1) is 5.41 Å². The zero-order valence-electron chi connectivity index (χ0n) is 13.7. The fourth-order valence-corrected chi connectivity index (χ4v) is 3.53. The Balaban J connectivity index is 0.00000208. The second-order valence-corrected chi connectivity index (χ2v) is 6.62. The maximum Gasteiger partial charge on any atom is 0.416 e. The summed E-state index contributed by atoms with van der Waals surface area (Å²) in [4.78, 5) is 6.58. The molecule has 0 radical (unpaired) electrons. The van der Waals surface area contributed by atoms with Crippen LogP contribution < -0.4 is 5.32 Å². The van der Waals surface area contributed by atoms with Crippen LogP contribution in [0.2, 0.25) is 0 Å². The molecule has 3 nitrogen and oxygen atoms in total. The summed E-state index contributed by atoms with van der Waals surface area (Å²) in [5.74, 6) is 0.841. The molecule has 3 rings (SSSR count). The lowest BCUT2D eigenvalue weighted by Crippen LogP contribution is -2.42. The fourth-order valence-electron chi connectivity index (χ4n) is 3.53. The highest BCUT2D eigenvalue weighted by Gasteiger charge is 2.43. The third-order valence-corrected chi connectivity index (χ3v) is 5.10. The summed E-state index contributed by atoms with van der Waals surface area (Å²) in [5.41, 5.74) is 0.695. The number of aliphatic imine (C=N–C) groups is 1. The van der Waals surface area contributed by atoms with Crippen LogP contribution in [0.5, 0.6) is 0 Å². The lowest BCUT2D eigenvalue weighted by Gasteiger charge is -2.38. The summed E-state index contributed by atoms with van der Waals surface area (Å²) in [6.45, 7) is 2.53. The molecule has 0 unspecified atom stereocenters. The second-order valence-electron chi connectivity index (χ2n) is 6.62. The van der Waals surface area contributed by atoms with Crippen LogP contribution in [0.1, 0.15) is 36.8 Å². The largest absolute Gasteiger partial charge is 0.416 e. The number of guanidine groups is 1. The van der Waals surface area contributed by atoms with Gasteiger partial charge in [-0.1, -0.05) is 18.6 Å². The first-order valence-electron chi connectivity index (χ1n) is 8.04. The van der Waals surface area contributed by atoms with Crippen molar-refractivity contribution in [3.8, 4) is 0 Å². The van der Waals surface area contributed by atoms with Crippen molar-refractivity contribution >= 4 is 29.9 Å². The molecule has 1 saturated carbocycles. The number of nitrogens with zero attached hydrogens (tertiary/aromatic N) is 2. The summed E-state index contributed by atoms with van der Waals surface area (Å²) >= 11 is 0. The molecule has 134 valence electrons. The van der Waals surface area contributed by atoms with Crippen molar-refractivity contribution < 1.29 is 13.2 Å². The van der Waals surface area contributed by atoms with E-state index in [1.807, 2.05) is 0 Å². The molecule has 0 amide bonds. The van der Waals surface area contributed by atoms with Gasteiger partial charge in [0.25, 0.3) is 0 Å². The van der Waals surface area contributed by atoms with Crippen molar-refractivity contribution in [3.63, 3.8) is 0 Å². The molecule has 24 heavy (non-hydrogen) atoms. The Bertz CT molecular complexity index is 580. The fraction of sp³-hybridized carbons (Fsp3) is 0.588. The van der Waals surface area contributed by atoms with Gasteiger partial charge in [0.2, 0.25) is 0 Å². The van der Waals surface area contributed by atoms with Gasteiger partial charge in [0, 0.05) is 26.7 Å². The third kappa shape index (κ3) is 4.15. The normalized spacial score (nSPS) is 19.8. The summed E-state index contributed by atoms with van der Waals surface area (Å²) in [7, 11) is 1.75.